The van der Waals surface area contributed by atoms with E-state index in [0.717, 1.165) is 13.0 Å². The Morgan fingerprint density at radius 3 is 2.61 bits per heavy atom. The highest BCUT2D eigenvalue weighted by atomic mass is 79.9. The molecule has 2 rings (SSSR count). The maximum atomic E-state index is 3.64. The molecule has 0 aromatic carbocycles. The number of rotatable bonds is 5. The molecule has 98 valence electrons. The molecule has 2 heterocycles. The van der Waals surface area contributed by atoms with E-state index in [1.54, 1.807) is 11.3 Å². The quantitative estimate of drug-likeness (QED) is 0.665. The second kappa shape index (κ2) is 6.66. The van der Waals surface area contributed by atoms with E-state index < -0.39 is 0 Å². The number of halogens is 2. The molecule has 5 heteroatoms. The van der Waals surface area contributed by atoms with E-state index in [1.165, 1.54) is 24.3 Å². The van der Waals surface area contributed by atoms with Gasteiger partial charge in [-0.25, -0.2) is 0 Å². The van der Waals surface area contributed by atoms with Crippen molar-refractivity contribution in [2.75, 3.05) is 6.54 Å². The van der Waals surface area contributed by atoms with Gasteiger partial charge >= 0.3 is 0 Å². The number of thiophene rings is 2. The summed E-state index contributed by atoms with van der Waals surface area (Å²) in [6.45, 7) is 5.37. The third-order valence-corrected chi connectivity index (χ3v) is 6.67. The predicted molar refractivity (Wildman–Crippen MR) is 88.9 cm³/mol. The topological polar surface area (TPSA) is 12.0 Å². The van der Waals surface area contributed by atoms with Crippen molar-refractivity contribution in [1.29, 1.82) is 0 Å². The summed E-state index contributed by atoms with van der Waals surface area (Å²) in [6, 6.07) is 2.56. The summed E-state index contributed by atoms with van der Waals surface area (Å²) < 4.78 is 2.43. The minimum absolute atomic E-state index is 0.292. The highest BCUT2D eigenvalue weighted by molar-refractivity contribution is 9.11. The third kappa shape index (κ3) is 3.25. The SMILES string of the molecule is CCCNC(c1cc(C)c(Br)s1)c1cscc1Br. The average molecular weight is 409 g/mol. The van der Waals surface area contributed by atoms with Gasteiger partial charge in [0.15, 0.2) is 0 Å². The van der Waals surface area contributed by atoms with Gasteiger partial charge in [0.05, 0.1) is 9.83 Å². The Labute approximate surface area is 133 Å². The lowest BCUT2D eigenvalue weighted by molar-refractivity contribution is 0.605. The molecule has 18 heavy (non-hydrogen) atoms. The molecule has 0 bridgehead atoms. The summed E-state index contributed by atoms with van der Waals surface area (Å²) in [5, 5.41) is 8.00. The summed E-state index contributed by atoms with van der Waals surface area (Å²) in [4.78, 5) is 1.37. The minimum atomic E-state index is 0.292. The van der Waals surface area contributed by atoms with Crippen molar-refractivity contribution in [2.24, 2.45) is 0 Å². The monoisotopic (exact) mass is 407 g/mol. The molecule has 0 spiro atoms. The van der Waals surface area contributed by atoms with E-state index in [2.05, 4.69) is 67.9 Å². The van der Waals surface area contributed by atoms with Gasteiger partial charge in [-0.1, -0.05) is 6.92 Å². The lowest BCUT2D eigenvalue weighted by Crippen LogP contribution is -2.22. The van der Waals surface area contributed by atoms with E-state index in [1.807, 2.05) is 11.3 Å². The first kappa shape index (κ1) is 14.7. The van der Waals surface area contributed by atoms with Gasteiger partial charge in [0, 0.05) is 14.7 Å². The highest BCUT2D eigenvalue weighted by Crippen LogP contribution is 2.37. The standard InChI is InChI=1S/C13H15Br2NS2/c1-3-4-16-12(9-6-17-7-10(9)14)11-5-8(2)13(15)18-11/h5-7,12,16H,3-4H2,1-2H3. The van der Waals surface area contributed by atoms with E-state index in [0.29, 0.717) is 6.04 Å². The Balaban J connectivity index is 2.33. The summed E-state index contributed by atoms with van der Waals surface area (Å²) in [5.41, 5.74) is 2.65. The second-order valence-corrected chi connectivity index (χ2v) is 8.17. The van der Waals surface area contributed by atoms with Gasteiger partial charge in [0.2, 0.25) is 0 Å². The van der Waals surface area contributed by atoms with E-state index >= 15 is 0 Å². The predicted octanol–water partition coefficient (Wildman–Crippen LogP) is 5.73. The van der Waals surface area contributed by atoms with Crippen LogP contribution in [-0.4, -0.2) is 6.54 Å². The van der Waals surface area contributed by atoms with Crippen LogP contribution in [0.1, 0.15) is 35.4 Å². The zero-order valence-electron chi connectivity index (χ0n) is 10.3. The van der Waals surface area contributed by atoms with Crippen LogP contribution in [0.3, 0.4) is 0 Å². The molecule has 0 saturated heterocycles. The maximum absolute atomic E-state index is 3.64. The Hall–Kier alpha value is 0.320. The molecular weight excluding hydrogens is 394 g/mol. The first-order valence-electron chi connectivity index (χ1n) is 5.84. The largest absolute Gasteiger partial charge is 0.306 e. The lowest BCUT2D eigenvalue weighted by Gasteiger charge is -2.16. The molecule has 0 fully saturated rings. The van der Waals surface area contributed by atoms with E-state index in [4.69, 9.17) is 0 Å². The first-order chi connectivity index (χ1) is 8.63. The van der Waals surface area contributed by atoms with Gasteiger partial charge in [-0.05, 0) is 74.3 Å². The van der Waals surface area contributed by atoms with Crippen LogP contribution in [0, 0.1) is 6.92 Å². The van der Waals surface area contributed by atoms with E-state index in [-0.39, 0.29) is 0 Å². The lowest BCUT2D eigenvalue weighted by atomic mass is 10.1. The Bertz CT molecular complexity index is 499. The number of aryl methyl sites for hydroxylation is 1. The van der Waals surface area contributed by atoms with Gasteiger partial charge in [-0.15, -0.1) is 11.3 Å². The van der Waals surface area contributed by atoms with Crippen molar-refractivity contribution in [1.82, 2.24) is 5.32 Å². The molecule has 2 aromatic rings. The summed E-state index contributed by atoms with van der Waals surface area (Å²) >= 11 is 10.8. The fourth-order valence-electron chi connectivity index (χ4n) is 1.78. The third-order valence-electron chi connectivity index (χ3n) is 2.71. The Kier molecular flexibility index (Phi) is 5.45. The first-order valence-corrected chi connectivity index (χ1v) is 9.18. The molecule has 1 N–H and O–H groups in total. The van der Waals surface area contributed by atoms with Crippen LogP contribution in [0.5, 0.6) is 0 Å². The number of hydrogen-bond acceptors (Lipinski definition) is 3. The Morgan fingerprint density at radius 1 is 1.33 bits per heavy atom. The van der Waals surface area contributed by atoms with Crippen molar-refractivity contribution in [3.63, 3.8) is 0 Å². The van der Waals surface area contributed by atoms with Crippen LogP contribution in [0.15, 0.2) is 25.1 Å². The molecule has 1 atom stereocenters. The van der Waals surface area contributed by atoms with Crippen molar-refractivity contribution >= 4 is 54.5 Å². The zero-order valence-corrected chi connectivity index (χ0v) is 15.1. The highest BCUT2D eigenvalue weighted by Gasteiger charge is 2.19. The normalized spacial score (nSPS) is 12.9. The molecule has 2 aromatic heterocycles. The maximum Gasteiger partial charge on any atom is 0.0731 e. The van der Waals surface area contributed by atoms with Crippen molar-refractivity contribution < 1.29 is 0 Å². The molecule has 0 aliphatic rings. The molecule has 1 nitrogen and oxygen atoms in total. The molecule has 0 radical (unpaired) electrons. The molecule has 0 saturated carbocycles. The van der Waals surface area contributed by atoms with E-state index in [9.17, 15) is 0 Å². The van der Waals surface area contributed by atoms with Gasteiger partial charge in [0.25, 0.3) is 0 Å². The van der Waals surface area contributed by atoms with Crippen molar-refractivity contribution in [2.45, 2.75) is 26.3 Å². The average Bonchev–Trinajstić information content (AvgIpc) is 2.88. The number of nitrogens with one attached hydrogen (secondary N) is 1. The molecule has 0 aliphatic heterocycles. The van der Waals surface area contributed by atoms with Crippen LogP contribution in [0.4, 0.5) is 0 Å². The van der Waals surface area contributed by atoms with Crippen LogP contribution < -0.4 is 5.32 Å². The van der Waals surface area contributed by atoms with Gasteiger partial charge in [-0.2, -0.15) is 11.3 Å². The van der Waals surface area contributed by atoms with Crippen molar-refractivity contribution in [3.05, 3.63) is 41.1 Å². The smallest absolute Gasteiger partial charge is 0.0731 e. The molecule has 0 amide bonds. The number of hydrogen-bond donors (Lipinski definition) is 1. The zero-order chi connectivity index (χ0) is 13.1. The second-order valence-electron chi connectivity index (χ2n) is 4.17. The fraction of sp³-hybridized carbons (Fsp3) is 0.385. The van der Waals surface area contributed by atoms with Crippen LogP contribution >= 0.6 is 54.5 Å². The van der Waals surface area contributed by atoms with Crippen LogP contribution in [0.2, 0.25) is 0 Å². The Morgan fingerprint density at radius 2 is 2.11 bits per heavy atom. The fourth-order valence-corrected chi connectivity index (χ4v) is 4.99. The summed E-state index contributed by atoms with van der Waals surface area (Å²) in [6.07, 6.45) is 1.14. The molecule has 0 aliphatic carbocycles. The van der Waals surface area contributed by atoms with Gasteiger partial charge < -0.3 is 5.32 Å². The minimum Gasteiger partial charge on any atom is -0.306 e. The van der Waals surface area contributed by atoms with Crippen LogP contribution in [0.25, 0.3) is 0 Å². The van der Waals surface area contributed by atoms with Crippen LogP contribution in [-0.2, 0) is 0 Å². The molecular formula is C13H15Br2NS2. The molecule has 1 unspecified atom stereocenters. The summed E-state index contributed by atoms with van der Waals surface area (Å²) in [7, 11) is 0. The van der Waals surface area contributed by atoms with Crippen molar-refractivity contribution in [3.8, 4) is 0 Å². The van der Waals surface area contributed by atoms with Gasteiger partial charge in [-0.3, -0.25) is 0 Å². The summed E-state index contributed by atoms with van der Waals surface area (Å²) in [5.74, 6) is 0. The van der Waals surface area contributed by atoms with Gasteiger partial charge in [0.1, 0.15) is 0 Å².